The predicted octanol–water partition coefficient (Wildman–Crippen LogP) is 4.19. The van der Waals surface area contributed by atoms with E-state index >= 15 is 0 Å². The average Bonchev–Trinajstić information content (AvgIpc) is 3.71. The minimum absolute atomic E-state index is 0.0914. The molecule has 2 aromatic carbocycles. The highest BCUT2D eigenvalue weighted by Crippen LogP contribution is 2.38. The van der Waals surface area contributed by atoms with Gasteiger partial charge < -0.3 is 23.4 Å². The molecular formula is C29H23N3O8S. The highest BCUT2D eigenvalue weighted by molar-refractivity contribution is 7.07. The molecule has 0 bridgehead atoms. The lowest BCUT2D eigenvalue weighted by Crippen LogP contribution is -2.39. The van der Waals surface area contributed by atoms with Crippen LogP contribution in [0.2, 0.25) is 0 Å². The lowest BCUT2D eigenvalue weighted by Gasteiger charge is -2.24. The molecule has 0 radical (unpaired) electrons. The molecule has 0 N–H and O–H groups in total. The average molecular weight is 574 g/mol. The molecule has 12 heteroatoms. The maximum absolute atomic E-state index is 13.9. The monoisotopic (exact) mass is 573 g/mol. The van der Waals surface area contributed by atoms with E-state index in [1.54, 1.807) is 68.5 Å². The Morgan fingerprint density at radius 3 is 2.78 bits per heavy atom. The number of hydrogen-bond acceptors (Lipinski definition) is 11. The first-order valence-electron chi connectivity index (χ1n) is 12.6. The zero-order chi connectivity index (χ0) is 28.7. The van der Waals surface area contributed by atoms with E-state index in [2.05, 4.69) is 10.2 Å². The molecule has 1 atom stereocenters. The van der Waals surface area contributed by atoms with Gasteiger partial charge in [0.05, 0.1) is 41.1 Å². The lowest BCUT2D eigenvalue weighted by molar-refractivity contribution is -0.139. The van der Waals surface area contributed by atoms with Crippen LogP contribution in [0.1, 0.15) is 31.2 Å². The molecule has 0 saturated heterocycles. The fourth-order valence-corrected chi connectivity index (χ4v) is 5.87. The smallest absolute Gasteiger partial charge is 0.338 e. The van der Waals surface area contributed by atoms with E-state index in [1.807, 2.05) is 0 Å². The standard InChI is InChI=1S/C29H23N3O8S/c1-4-37-28(34)25-15(2)30-29-32(26(25)16-5-8-22-23(11-16)39-14-38-22)27(33)24(41-29)13-18-7-10-21(40-18)19-12-17(31-35)6-9-20(19)36-3/h5-13,26H,4,14H2,1-3H3/b24-13-. The van der Waals surface area contributed by atoms with E-state index in [4.69, 9.17) is 23.4 Å². The summed E-state index contributed by atoms with van der Waals surface area (Å²) in [5, 5.41) is 2.98. The molecule has 1 unspecified atom stereocenters. The number of benzene rings is 2. The molecule has 6 rings (SSSR count). The first-order valence-corrected chi connectivity index (χ1v) is 13.4. The number of furan rings is 1. The summed E-state index contributed by atoms with van der Waals surface area (Å²) < 4.78 is 29.6. The van der Waals surface area contributed by atoms with Crippen molar-refractivity contribution >= 4 is 29.1 Å². The summed E-state index contributed by atoms with van der Waals surface area (Å²) in [4.78, 5) is 43.1. The Kier molecular flexibility index (Phi) is 6.75. The van der Waals surface area contributed by atoms with Crippen LogP contribution in [0.15, 0.2) is 79.2 Å². The molecule has 11 nitrogen and oxygen atoms in total. The van der Waals surface area contributed by atoms with Gasteiger partial charge in [-0.05, 0) is 67.1 Å². The van der Waals surface area contributed by atoms with Gasteiger partial charge in [0.25, 0.3) is 5.56 Å². The van der Waals surface area contributed by atoms with Gasteiger partial charge in [-0.15, -0.1) is 4.91 Å². The number of allylic oxidation sites excluding steroid dienone is 1. The molecule has 0 spiro atoms. The Morgan fingerprint density at radius 2 is 2.00 bits per heavy atom. The van der Waals surface area contributed by atoms with Crippen LogP contribution in [-0.2, 0) is 9.53 Å². The van der Waals surface area contributed by atoms with Crippen molar-refractivity contribution in [1.29, 1.82) is 0 Å². The molecule has 41 heavy (non-hydrogen) atoms. The zero-order valence-electron chi connectivity index (χ0n) is 22.2. The van der Waals surface area contributed by atoms with Crippen LogP contribution in [0.5, 0.6) is 17.2 Å². The van der Waals surface area contributed by atoms with Crippen LogP contribution in [0.25, 0.3) is 17.4 Å². The SMILES string of the molecule is CCOC(=O)C1=C(C)N=c2s/c(=C\c3ccc(-c4cc(N=O)ccc4OC)o3)c(=O)n2C1c1ccc2c(c1)OCO2. The summed E-state index contributed by atoms with van der Waals surface area (Å²) in [6.45, 7) is 3.70. The van der Waals surface area contributed by atoms with E-state index < -0.39 is 12.0 Å². The Bertz CT molecular complexity index is 1920. The molecular weight excluding hydrogens is 550 g/mol. The molecule has 2 aromatic heterocycles. The number of carbonyl (C=O) groups excluding carboxylic acids is 1. The number of aromatic nitrogens is 1. The van der Waals surface area contributed by atoms with E-state index in [0.29, 0.717) is 54.9 Å². The molecule has 4 aromatic rings. The van der Waals surface area contributed by atoms with Crippen LogP contribution in [0.4, 0.5) is 5.69 Å². The highest BCUT2D eigenvalue weighted by atomic mass is 32.1. The van der Waals surface area contributed by atoms with Crippen LogP contribution in [0.3, 0.4) is 0 Å². The topological polar surface area (TPSA) is 131 Å². The van der Waals surface area contributed by atoms with Gasteiger partial charge in [-0.2, -0.15) is 0 Å². The second-order valence-corrected chi connectivity index (χ2v) is 10.1. The number of carbonyl (C=O) groups is 1. The number of fused-ring (bicyclic) bond motifs is 2. The van der Waals surface area contributed by atoms with Gasteiger partial charge >= 0.3 is 5.97 Å². The van der Waals surface area contributed by atoms with Crippen molar-refractivity contribution < 1.29 is 28.2 Å². The number of rotatable bonds is 7. The first kappa shape index (κ1) is 26.3. The third-order valence-electron chi connectivity index (χ3n) is 6.68. The number of methoxy groups -OCH3 is 1. The molecule has 2 aliphatic rings. The normalized spacial score (nSPS) is 15.9. The van der Waals surface area contributed by atoms with Crippen molar-refractivity contribution in [3.63, 3.8) is 0 Å². The molecule has 2 aliphatic heterocycles. The van der Waals surface area contributed by atoms with E-state index in [9.17, 15) is 14.5 Å². The quantitative estimate of drug-likeness (QED) is 0.238. The fraction of sp³-hybridized carbons (Fsp3) is 0.207. The van der Waals surface area contributed by atoms with Crippen molar-refractivity contribution in [3.05, 3.63) is 95.7 Å². The largest absolute Gasteiger partial charge is 0.496 e. The van der Waals surface area contributed by atoms with Gasteiger partial charge in [-0.25, -0.2) is 9.79 Å². The van der Waals surface area contributed by atoms with Gasteiger partial charge in [0.1, 0.15) is 23.0 Å². The number of ether oxygens (including phenoxy) is 4. The minimum Gasteiger partial charge on any atom is -0.496 e. The first-order chi connectivity index (χ1) is 19.9. The van der Waals surface area contributed by atoms with E-state index in [0.717, 1.165) is 0 Å². The molecule has 0 amide bonds. The summed E-state index contributed by atoms with van der Waals surface area (Å²) in [6.07, 6.45) is 1.61. The molecule has 4 heterocycles. The summed E-state index contributed by atoms with van der Waals surface area (Å²) in [5.74, 6) is 1.89. The van der Waals surface area contributed by atoms with Gasteiger partial charge in [0.2, 0.25) is 6.79 Å². The maximum atomic E-state index is 13.9. The predicted molar refractivity (Wildman–Crippen MR) is 149 cm³/mol. The number of nitrogens with zero attached hydrogens (tertiary/aromatic N) is 3. The van der Waals surface area contributed by atoms with Gasteiger partial charge in [0.15, 0.2) is 16.3 Å². The summed E-state index contributed by atoms with van der Waals surface area (Å²) in [7, 11) is 1.51. The Hall–Kier alpha value is -4.97. The summed E-state index contributed by atoms with van der Waals surface area (Å²) in [6, 6.07) is 12.7. The second kappa shape index (κ2) is 10.5. The number of thiazole rings is 1. The highest BCUT2D eigenvalue weighted by Gasteiger charge is 2.34. The van der Waals surface area contributed by atoms with Gasteiger partial charge in [0, 0.05) is 6.08 Å². The maximum Gasteiger partial charge on any atom is 0.338 e. The molecule has 0 aliphatic carbocycles. The Balaban J connectivity index is 1.47. The summed E-state index contributed by atoms with van der Waals surface area (Å²) in [5.41, 5.74) is 1.78. The number of esters is 1. The van der Waals surface area contributed by atoms with Crippen LogP contribution >= 0.6 is 11.3 Å². The van der Waals surface area contributed by atoms with Crippen LogP contribution < -0.4 is 29.1 Å². The molecule has 0 fully saturated rings. The second-order valence-electron chi connectivity index (χ2n) is 9.09. The lowest BCUT2D eigenvalue weighted by atomic mass is 9.95. The van der Waals surface area contributed by atoms with Crippen molar-refractivity contribution in [2.45, 2.75) is 19.9 Å². The molecule has 0 saturated carbocycles. The van der Waals surface area contributed by atoms with E-state index in [1.165, 1.54) is 23.0 Å². The van der Waals surface area contributed by atoms with Gasteiger partial charge in [-0.3, -0.25) is 9.36 Å². The van der Waals surface area contributed by atoms with E-state index in [-0.39, 0.29) is 30.2 Å². The van der Waals surface area contributed by atoms with Crippen molar-refractivity contribution in [3.8, 4) is 28.6 Å². The van der Waals surface area contributed by atoms with Crippen LogP contribution in [-0.4, -0.2) is 31.0 Å². The van der Waals surface area contributed by atoms with Crippen molar-refractivity contribution in [2.24, 2.45) is 10.2 Å². The summed E-state index contributed by atoms with van der Waals surface area (Å²) >= 11 is 1.18. The minimum atomic E-state index is -0.794. The molecule has 208 valence electrons. The van der Waals surface area contributed by atoms with Crippen LogP contribution in [0, 0.1) is 4.91 Å². The number of hydrogen-bond donors (Lipinski definition) is 0. The Morgan fingerprint density at radius 1 is 1.17 bits per heavy atom. The zero-order valence-corrected chi connectivity index (χ0v) is 23.0. The third-order valence-corrected chi connectivity index (χ3v) is 7.67. The third kappa shape index (κ3) is 4.61. The number of nitroso groups, excluding NO2 is 1. The van der Waals surface area contributed by atoms with Gasteiger partial charge in [-0.1, -0.05) is 17.4 Å². The fourth-order valence-electron chi connectivity index (χ4n) is 4.84. The Labute approximate surface area is 236 Å². The van der Waals surface area contributed by atoms with Crippen molar-refractivity contribution in [2.75, 3.05) is 20.5 Å². The van der Waals surface area contributed by atoms with Crippen molar-refractivity contribution in [1.82, 2.24) is 4.57 Å².